The van der Waals surface area contributed by atoms with Crippen LogP contribution in [0, 0.1) is 6.07 Å². The Labute approximate surface area is 109 Å². The summed E-state index contributed by atoms with van der Waals surface area (Å²) in [5.41, 5.74) is 0. The average molecular weight is 197 g/mol. The summed E-state index contributed by atoms with van der Waals surface area (Å²) < 4.78 is 8.70. The molecule has 0 heterocycles. The van der Waals surface area contributed by atoms with Crippen molar-refractivity contribution in [2.45, 2.75) is 0 Å². The third kappa shape index (κ3) is 18.1. The summed E-state index contributed by atoms with van der Waals surface area (Å²) in [7, 11) is -2.87. The topological polar surface area (TPSA) is 57.5 Å². The molecule has 0 amide bonds. The molecule has 1 rings (SSSR count). The van der Waals surface area contributed by atoms with Crippen LogP contribution in [0.4, 0.5) is 0 Å². The van der Waals surface area contributed by atoms with Crippen molar-refractivity contribution in [3.8, 4) is 0 Å². The Morgan fingerprint density at radius 3 is 1.55 bits per heavy atom. The van der Waals surface area contributed by atoms with Gasteiger partial charge in [-0.25, -0.2) is 0 Å². The third-order valence-electron chi connectivity index (χ3n) is 0.607. The monoisotopic (exact) mass is 197 g/mol. The van der Waals surface area contributed by atoms with Crippen molar-refractivity contribution in [3.05, 3.63) is 36.4 Å². The summed E-state index contributed by atoms with van der Waals surface area (Å²) in [6.07, 6.45) is 0. The van der Waals surface area contributed by atoms with E-state index in [-0.39, 0.29) is 51.4 Å². The number of hydrogen-bond donors (Lipinski definition) is 2. The fraction of sp³-hybridized carbons (Fsp3) is 0. The van der Waals surface area contributed by atoms with Gasteiger partial charge >= 0.3 is 59.6 Å². The molecule has 1 aromatic carbocycles. The van der Waals surface area contributed by atoms with E-state index in [0.717, 1.165) is 0 Å². The van der Waals surface area contributed by atoms with Gasteiger partial charge in [0.15, 0.2) is 0 Å². The Morgan fingerprint density at radius 1 is 1.09 bits per heavy atom. The van der Waals surface area contributed by atoms with Crippen LogP contribution in [0.3, 0.4) is 0 Å². The predicted octanol–water partition coefficient (Wildman–Crippen LogP) is -1.88. The van der Waals surface area contributed by atoms with Crippen molar-refractivity contribution >= 4 is 8.25 Å². The molecule has 1 aromatic rings. The van der Waals surface area contributed by atoms with Crippen molar-refractivity contribution in [2.24, 2.45) is 0 Å². The fourth-order valence-electron chi connectivity index (χ4n) is 0.342. The summed E-state index contributed by atoms with van der Waals surface area (Å²) >= 11 is 0. The van der Waals surface area contributed by atoms with Gasteiger partial charge in [0, 0.05) is 4.57 Å². The van der Waals surface area contributed by atoms with Crippen LogP contribution in [0.2, 0.25) is 0 Å². The summed E-state index contributed by atoms with van der Waals surface area (Å²) in [5, 5.41) is 0. The van der Waals surface area contributed by atoms with Gasteiger partial charge in [0.25, 0.3) is 0 Å². The van der Waals surface area contributed by atoms with Crippen LogP contribution in [0.5, 0.6) is 0 Å². The SMILES string of the molecule is O=[P+](O)O.[K+].[c-]1ccccc1. The van der Waals surface area contributed by atoms with Crippen LogP contribution in [0.1, 0.15) is 0 Å². The van der Waals surface area contributed by atoms with Crippen molar-refractivity contribution in [3.63, 3.8) is 0 Å². The van der Waals surface area contributed by atoms with Crippen molar-refractivity contribution in [2.75, 3.05) is 0 Å². The second kappa shape index (κ2) is 10.9. The van der Waals surface area contributed by atoms with Gasteiger partial charge in [0.1, 0.15) is 0 Å². The average Bonchev–Trinajstić information content (AvgIpc) is 1.90. The molecule has 0 fully saturated rings. The van der Waals surface area contributed by atoms with E-state index in [9.17, 15) is 0 Å². The largest absolute Gasteiger partial charge is 1.00 e. The zero-order valence-electron chi connectivity index (χ0n) is 6.14. The van der Waals surface area contributed by atoms with Gasteiger partial charge in [0.2, 0.25) is 0 Å². The molecule has 0 aliphatic rings. The minimum atomic E-state index is -2.87. The quantitative estimate of drug-likeness (QED) is 0.291. The molecule has 54 valence electrons. The van der Waals surface area contributed by atoms with Crippen molar-refractivity contribution in [1.29, 1.82) is 0 Å². The standard InChI is InChI=1S/C6H5.K.HO3P/c1-2-4-6-5-3-1;;1-4(2)3/h1-5H;;(H-,1,2,3)/q-1;+1;/p+1. The Hall–Kier alpha value is 0.876. The second-order valence-electron chi connectivity index (χ2n) is 1.33. The van der Waals surface area contributed by atoms with Gasteiger partial charge in [-0.15, -0.1) is 9.79 Å². The number of rotatable bonds is 0. The number of hydrogen-bond acceptors (Lipinski definition) is 1. The number of benzene rings is 1. The maximum absolute atomic E-state index is 8.70. The van der Waals surface area contributed by atoms with Gasteiger partial charge < -0.3 is 0 Å². The molecule has 0 unspecified atom stereocenters. The maximum atomic E-state index is 8.70. The molecule has 3 nitrogen and oxygen atoms in total. The molecular weight excluding hydrogens is 190 g/mol. The van der Waals surface area contributed by atoms with E-state index < -0.39 is 8.25 Å². The minimum Gasteiger partial charge on any atom is -0.184 e. The van der Waals surface area contributed by atoms with Gasteiger partial charge in [-0.05, 0) is 0 Å². The van der Waals surface area contributed by atoms with E-state index in [1.807, 2.05) is 30.3 Å². The molecule has 0 spiro atoms. The molecule has 0 atom stereocenters. The van der Waals surface area contributed by atoms with Crippen LogP contribution in [0.15, 0.2) is 30.3 Å². The third-order valence-corrected chi connectivity index (χ3v) is 0.607. The van der Waals surface area contributed by atoms with E-state index in [0.29, 0.717) is 0 Å². The van der Waals surface area contributed by atoms with Crippen LogP contribution >= 0.6 is 8.25 Å². The van der Waals surface area contributed by atoms with Gasteiger partial charge in [-0.1, -0.05) is 0 Å². The van der Waals surface area contributed by atoms with Crippen LogP contribution in [-0.2, 0) is 4.57 Å². The fourth-order valence-corrected chi connectivity index (χ4v) is 0.342. The predicted molar refractivity (Wildman–Crippen MR) is 37.3 cm³/mol. The van der Waals surface area contributed by atoms with Crippen molar-refractivity contribution < 1.29 is 65.7 Å². The molecule has 0 aromatic heterocycles. The first-order chi connectivity index (χ1) is 4.73. The molecule has 11 heavy (non-hydrogen) atoms. The summed E-state index contributed by atoms with van der Waals surface area (Å²) in [4.78, 5) is 14.2. The first-order valence-corrected chi connectivity index (χ1v) is 3.66. The van der Waals surface area contributed by atoms with E-state index in [2.05, 4.69) is 6.07 Å². The van der Waals surface area contributed by atoms with Crippen LogP contribution < -0.4 is 51.4 Å². The molecule has 0 aliphatic carbocycles. The van der Waals surface area contributed by atoms with E-state index in [4.69, 9.17) is 14.4 Å². The molecule has 0 aliphatic heterocycles. The van der Waals surface area contributed by atoms with Gasteiger partial charge in [-0.2, -0.15) is 36.4 Å². The van der Waals surface area contributed by atoms with Gasteiger partial charge in [-0.3, -0.25) is 0 Å². The molecule has 5 heteroatoms. The van der Waals surface area contributed by atoms with Crippen molar-refractivity contribution in [1.82, 2.24) is 0 Å². The molecular formula is C6H7KO3P+. The molecule has 0 radical (unpaired) electrons. The van der Waals surface area contributed by atoms with E-state index >= 15 is 0 Å². The first-order valence-electron chi connectivity index (χ1n) is 2.49. The zero-order valence-corrected chi connectivity index (χ0v) is 10.2. The zero-order chi connectivity index (χ0) is 7.82. The molecule has 0 saturated heterocycles. The van der Waals surface area contributed by atoms with Crippen LogP contribution in [0.25, 0.3) is 0 Å². The normalized spacial score (nSPS) is 6.73. The summed E-state index contributed by atoms with van der Waals surface area (Å²) in [6, 6.07) is 12.5. The maximum Gasteiger partial charge on any atom is 1.00 e. The second-order valence-corrected chi connectivity index (χ2v) is 1.84. The molecule has 0 bridgehead atoms. The Balaban J connectivity index is 0. The van der Waals surface area contributed by atoms with Gasteiger partial charge in [0.05, 0.1) is 0 Å². The Kier molecular flexibility index (Phi) is 14.2. The summed E-state index contributed by atoms with van der Waals surface area (Å²) in [6.45, 7) is 0. The summed E-state index contributed by atoms with van der Waals surface area (Å²) in [5.74, 6) is 0. The smallest absolute Gasteiger partial charge is 0.184 e. The molecule has 0 saturated carbocycles. The first kappa shape index (κ1) is 14.4. The Morgan fingerprint density at radius 2 is 1.45 bits per heavy atom. The van der Waals surface area contributed by atoms with E-state index in [1.54, 1.807) is 0 Å². The minimum absolute atomic E-state index is 0. The molecule has 2 N–H and O–H groups in total. The van der Waals surface area contributed by atoms with Crippen LogP contribution in [-0.4, -0.2) is 9.79 Å². The Bertz CT molecular complexity index is 150. The van der Waals surface area contributed by atoms with E-state index in [1.165, 1.54) is 0 Å².